The summed E-state index contributed by atoms with van der Waals surface area (Å²) in [7, 11) is 0. The molecule has 0 aliphatic heterocycles. The van der Waals surface area contributed by atoms with Gasteiger partial charge in [0.15, 0.2) is 0 Å². The Morgan fingerprint density at radius 3 is 2.22 bits per heavy atom. The summed E-state index contributed by atoms with van der Waals surface area (Å²) in [6, 6.07) is 19.9. The summed E-state index contributed by atoms with van der Waals surface area (Å²) < 4.78 is 14.5. The summed E-state index contributed by atoms with van der Waals surface area (Å²) in [6.07, 6.45) is 0. The van der Waals surface area contributed by atoms with Crippen LogP contribution in [0, 0.1) is 5.82 Å². The van der Waals surface area contributed by atoms with E-state index in [1.165, 1.54) is 6.07 Å². The van der Waals surface area contributed by atoms with Gasteiger partial charge in [-0.1, -0.05) is 34.1 Å². The van der Waals surface area contributed by atoms with Crippen molar-refractivity contribution in [2.24, 2.45) is 0 Å². The van der Waals surface area contributed by atoms with Crippen molar-refractivity contribution in [1.82, 2.24) is 5.32 Å². The van der Waals surface area contributed by atoms with E-state index in [1.807, 2.05) is 6.07 Å². The second kappa shape index (κ2) is 8.60. The third kappa shape index (κ3) is 5.01. The van der Waals surface area contributed by atoms with E-state index in [2.05, 4.69) is 26.6 Å². The minimum Gasteiger partial charge on any atom is -0.348 e. The Morgan fingerprint density at radius 2 is 1.52 bits per heavy atom. The molecule has 27 heavy (non-hydrogen) atoms. The van der Waals surface area contributed by atoms with Crippen LogP contribution in [0.5, 0.6) is 0 Å². The number of hydrogen-bond acceptors (Lipinski definition) is 2. The fourth-order valence-corrected chi connectivity index (χ4v) is 2.86. The predicted octanol–water partition coefficient (Wildman–Crippen LogP) is 4.77. The molecule has 0 bridgehead atoms. The molecule has 0 aliphatic carbocycles. The number of hydrogen-bond donors (Lipinski definition) is 2. The normalized spacial score (nSPS) is 10.3. The molecule has 0 spiro atoms. The van der Waals surface area contributed by atoms with E-state index in [0.29, 0.717) is 22.4 Å². The van der Waals surface area contributed by atoms with Gasteiger partial charge < -0.3 is 10.6 Å². The maximum atomic E-state index is 13.7. The lowest BCUT2D eigenvalue weighted by Gasteiger charge is -2.09. The van der Waals surface area contributed by atoms with Gasteiger partial charge in [0, 0.05) is 33.4 Å². The van der Waals surface area contributed by atoms with Gasteiger partial charge in [-0.15, -0.1) is 0 Å². The van der Waals surface area contributed by atoms with Crippen LogP contribution in [0.3, 0.4) is 0 Å². The molecule has 0 saturated heterocycles. The summed E-state index contributed by atoms with van der Waals surface area (Å²) in [5.41, 5.74) is 1.95. The van der Waals surface area contributed by atoms with Crippen LogP contribution < -0.4 is 10.6 Å². The smallest absolute Gasteiger partial charge is 0.255 e. The molecule has 3 aromatic carbocycles. The zero-order chi connectivity index (χ0) is 19.2. The summed E-state index contributed by atoms with van der Waals surface area (Å²) >= 11 is 3.28. The van der Waals surface area contributed by atoms with Crippen LogP contribution >= 0.6 is 15.9 Å². The van der Waals surface area contributed by atoms with Gasteiger partial charge in [0.25, 0.3) is 11.8 Å². The third-order valence-electron chi connectivity index (χ3n) is 3.89. The van der Waals surface area contributed by atoms with E-state index in [4.69, 9.17) is 0 Å². The number of amides is 2. The standard InChI is InChI=1S/C21H16BrFN2O2/c22-17-8-11-19(23)16(12-17)13-24-20(26)15-6-9-18(10-7-15)25-21(27)14-4-2-1-3-5-14/h1-12H,13H2,(H,24,26)(H,25,27). The molecule has 6 heteroatoms. The van der Waals surface area contributed by atoms with Crippen LogP contribution in [0.1, 0.15) is 26.3 Å². The SMILES string of the molecule is O=C(NCc1cc(Br)ccc1F)c1ccc(NC(=O)c2ccccc2)cc1. The van der Waals surface area contributed by atoms with Crippen molar-refractivity contribution >= 4 is 33.4 Å². The molecule has 0 atom stereocenters. The first kappa shape index (κ1) is 18.8. The van der Waals surface area contributed by atoms with E-state index in [-0.39, 0.29) is 24.2 Å². The number of carbonyl (C=O) groups excluding carboxylic acids is 2. The maximum Gasteiger partial charge on any atom is 0.255 e. The lowest BCUT2D eigenvalue weighted by Crippen LogP contribution is -2.23. The summed E-state index contributed by atoms with van der Waals surface area (Å²) in [5, 5.41) is 5.45. The predicted molar refractivity (Wildman–Crippen MR) is 106 cm³/mol. The van der Waals surface area contributed by atoms with Crippen molar-refractivity contribution in [3.8, 4) is 0 Å². The number of anilines is 1. The minimum atomic E-state index is -0.377. The molecule has 0 aliphatic rings. The summed E-state index contributed by atoms with van der Waals surface area (Å²) in [4.78, 5) is 24.4. The molecule has 4 nitrogen and oxygen atoms in total. The Labute approximate surface area is 164 Å². The van der Waals surface area contributed by atoms with Crippen LogP contribution in [0.15, 0.2) is 77.3 Å². The van der Waals surface area contributed by atoms with Gasteiger partial charge in [-0.05, 0) is 54.6 Å². The highest BCUT2D eigenvalue weighted by atomic mass is 79.9. The van der Waals surface area contributed by atoms with Crippen LogP contribution in [-0.4, -0.2) is 11.8 Å². The van der Waals surface area contributed by atoms with Gasteiger partial charge in [0.2, 0.25) is 0 Å². The molecular formula is C21H16BrFN2O2. The van der Waals surface area contributed by atoms with Gasteiger partial charge in [0.1, 0.15) is 5.82 Å². The molecule has 2 N–H and O–H groups in total. The van der Waals surface area contributed by atoms with Crippen molar-refractivity contribution in [3.63, 3.8) is 0 Å². The molecule has 0 fully saturated rings. The van der Waals surface area contributed by atoms with E-state index in [9.17, 15) is 14.0 Å². The second-order valence-electron chi connectivity index (χ2n) is 5.82. The molecule has 2 amide bonds. The first-order valence-electron chi connectivity index (χ1n) is 8.21. The van der Waals surface area contributed by atoms with Crippen LogP contribution in [0.2, 0.25) is 0 Å². The fraction of sp³-hybridized carbons (Fsp3) is 0.0476. The van der Waals surface area contributed by atoms with Gasteiger partial charge in [0.05, 0.1) is 0 Å². The molecule has 0 heterocycles. The van der Waals surface area contributed by atoms with Crippen LogP contribution in [0.25, 0.3) is 0 Å². The highest BCUT2D eigenvalue weighted by Crippen LogP contribution is 2.16. The van der Waals surface area contributed by atoms with Crippen molar-refractivity contribution in [1.29, 1.82) is 0 Å². The zero-order valence-corrected chi connectivity index (χ0v) is 15.8. The average molecular weight is 427 g/mol. The second-order valence-corrected chi connectivity index (χ2v) is 6.73. The Hall–Kier alpha value is -2.99. The van der Waals surface area contributed by atoms with E-state index in [1.54, 1.807) is 60.7 Å². The molecule has 0 saturated carbocycles. The van der Waals surface area contributed by atoms with E-state index in [0.717, 1.165) is 4.47 Å². The highest BCUT2D eigenvalue weighted by Gasteiger charge is 2.09. The monoisotopic (exact) mass is 426 g/mol. The quantitative estimate of drug-likeness (QED) is 0.617. The van der Waals surface area contributed by atoms with Crippen molar-refractivity contribution in [2.75, 3.05) is 5.32 Å². The van der Waals surface area contributed by atoms with E-state index < -0.39 is 0 Å². The van der Waals surface area contributed by atoms with Crippen LogP contribution in [0.4, 0.5) is 10.1 Å². The molecule has 3 rings (SSSR count). The number of nitrogens with one attached hydrogen (secondary N) is 2. The van der Waals surface area contributed by atoms with Gasteiger partial charge >= 0.3 is 0 Å². The molecule has 3 aromatic rings. The van der Waals surface area contributed by atoms with Gasteiger partial charge in [-0.3, -0.25) is 9.59 Å². The van der Waals surface area contributed by atoms with E-state index >= 15 is 0 Å². The molecule has 0 radical (unpaired) electrons. The Balaban J connectivity index is 1.60. The Bertz CT molecular complexity index is 960. The number of carbonyl (C=O) groups is 2. The Kier molecular flexibility index (Phi) is 5.98. The lowest BCUT2D eigenvalue weighted by molar-refractivity contribution is 0.0950. The fourth-order valence-electron chi connectivity index (χ4n) is 2.45. The number of rotatable bonds is 5. The molecule has 0 unspecified atom stereocenters. The molecule has 136 valence electrons. The number of benzene rings is 3. The zero-order valence-electron chi connectivity index (χ0n) is 14.2. The first-order valence-corrected chi connectivity index (χ1v) is 9.01. The van der Waals surface area contributed by atoms with Gasteiger partial charge in [-0.25, -0.2) is 4.39 Å². The summed E-state index contributed by atoms with van der Waals surface area (Å²) in [6.45, 7) is 0.0800. The number of halogens is 2. The minimum absolute atomic E-state index is 0.0800. The topological polar surface area (TPSA) is 58.2 Å². The maximum absolute atomic E-state index is 13.7. The first-order chi connectivity index (χ1) is 13.0. The largest absolute Gasteiger partial charge is 0.348 e. The van der Waals surface area contributed by atoms with Crippen molar-refractivity contribution < 1.29 is 14.0 Å². The van der Waals surface area contributed by atoms with Crippen LogP contribution in [-0.2, 0) is 6.54 Å². The molecular weight excluding hydrogens is 411 g/mol. The third-order valence-corrected chi connectivity index (χ3v) is 4.38. The van der Waals surface area contributed by atoms with Crippen molar-refractivity contribution in [2.45, 2.75) is 6.54 Å². The highest BCUT2D eigenvalue weighted by molar-refractivity contribution is 9.10. The van der Waals surface area contributed by atoms with Gasteiger partial charge in [-0.2, -0.15) is 0 Å². The summed E-state index contributed by atoms with van der Waals surface area (Å²) in [5.74, 6) is -0.925. The van der Waals surface area contributed by atoms with Crippen molar-refractivity contribution in [3.05, 3.63) is 99.8 Å². The lowest BCUT2D eigenvalue weighted by atomic mass is 10.1. The average Bonchev–Trinajstić information content (AvgIpc) is 2.69. The Morgan fingerprint density at radius 1 is 0.852 bits per heavy atom. The molecule has 0 aromatic heterocycles.